The summed E-state index contributed by atoms with van der Waals surface area (Å²) in [5.41, 5.74) is 3.63. The highest BCUT2D eigenvalue weighted by molar-refractivity contribution is 7.92. The normalized spacial score (nSPS) is 11.2. The Morgan fingerprint density at radius 2 is 1.57 bits per heavy atom. The van der Waals surface area contributed by atoms with Crippen molar-refractivity contribution in [3.63, 3.8) is 0 Å². The van der Waals surface area contributed by atoms with Crippen molar-refractivity contribution in [2.75, 3.05) is 24.7 Å². The van der Waals surface area contributed by atoms with Gasteiger partial charge in [-0.2, -0.15) is 0 Å². The summed E-state index contributed by atoms with van der Waals surface area (Å²) < 4.78 is 24.7. The summed E-state index contributed by atoms with van der Waals surface area (Å²) in [5.74, 6) is -1.78. The van der Waals surface area contributed by atoms with Crippen molar-refractivity contribution in [3.8, 4) is 0 Å². The lowest BCUT2D eigenvalue weighted by Crippen LogP contribution is -2.38. The van der Waals surface area contributed by atoms with Crippen LogP contribution in [0.5, 0.6) is 0 Å². The van der Waals surface area contributed by atoms with E-state index in [0.29, 0.717) is 10.7 Å². The fraction of sp³-hybridized carbons (Fsp3) is 0.300. The molecule has 2 aromatic rings. The SMILES string of the molecule is Cc1cc(C)c(NC(=O)CN(C)C(=O)CS(=O)(=O)c2ccc(Cl)cc2)c(C)c1. The van der Waals surface area contributed by atoms with E-state index in [-0.39, 0.29) is 11.4 Å². The first-order chi connectivity index (χ1) is 13.0. The highest BCUT2D eigenvalue weighted by atomic mass is 35.5. The van der Waals surface area contributed by atoms with Crippen LogP contribution in [0.15, 0.2) is 41.3 Å². The van der Waals surface area contributed by atoms with Crippen LogP contribution in [-0.2, 0) is 19.4 Å². The fourth-order valence-corrected chi connectivity index (χ4v) is 4.25. The third-order valence-corrected chi connectivity index (χ3v) is 6.10. The Morgan fingerprint density at radius 3 is 2.11 bits per heavy atom. The van der Waals surface area contributed by atoms with Crippen LogP contribution in [0.4, 0.5) is 5.69 Å². The average molecular weight is 423 g/mol. The van der Waals surface area contributed by atoms with Crippen LogP contribution in [-0.4, -0.2) is 44.5 Å². The number of benzene rings is 2. The maximum atomic E-state index is 12.4. The quantitative estimate of drug-likeness (QED) is 0.775. The van der Waals surface area contributed by atoms with Crippen LogP contribution in [0.25, 0.3) is 0 Å². The monoisotopic (exact) mass is 422 g/mol. The Labute approximate surface area is 170 Å². The number of amides is 2. The number of hydrogen-bond acceptors (Lipinski definition) is 4. The number of aryl methyl sites for hydroxylation is 3. The Balaban J connectivity index is 2.02. The number of hydrogen-bond donors (Lipinski definition) is 1. The fourth-order valence-electron chi connectivity index (χ4n) is 2.86. The third kappa shape index (κ3) is 5.56. The van der Waals surface area contributed by atoms with Gasteiger partial charge in [0.25, 0.3) is 0 Å². The highest BCUT2D eigenvalue weighted by Crippen LogP contribution is 2.22. The van der Waals surface area contributed by atoms with E-state index in [1.54, 1.807) is 0 Å². The molecule has 0 aliphatic rings. The van der Waals surface area contributed by atoms with Gasteiger partial charge in [0, 0.05) is 17.8 Å². The van der Waals surface area contributed by atoms with Crippen molar-refractivity contribution in [3.05, 3.63) is 58.1 Å². The number of halogens is 1. The number of carbonyl (C=O) groups excluding carboxylic acids is 2. The lowest BCUT2D eigenvalue weighted by Gasteiger charge is -2.18. The molecule has 0 heterocycles. The molecule has 0 aliphatic heterocycles. The number of nitrogens with one attached hydrogen (secondary N) is 1. The van der Waals surface area contributed by atoms with Crippen LogP contribution in [0.2, 0.25) is 5.02 Å². The molecule has 0 saturated carbocycles. The first-order valence-electron chi connectivity index (χ1n) is 8.59. The van der Waals surface area contributed by atoms with E-state index in [1.165, 1.54) is 31.3 Å². The Bertz CT molecular complexity index is 978. The second-order valence-electron chi connectivity index (χ2n) is 6.78. The predicted octanol–water partition coefficient (Wildman–Crippen LogP) is 3.14. The number of likely N-dealkylation sites (N-methyl/N-ethyl adjacent to an activating group) is 1. The predicted molar refractivity (Wildman–Crippen MR) is 110 cm³/mol. The molecule has 0 unspecified atom stereocenters. The van der Waals surface area contributed by atoms with Gasteiger partial charge in [-0.1, -0.05) is 29.3 Å². The van der Waals surface area contributed by atoms with Crippen LogP contribution >= 0.6 is 11.6 Å². The molecular weight excluding hydrogens is 400 g/mol. The van der Waals surface area contributed by atoms with Gasteiger partial charge in [-0.05, 0) is 56.2 Å². The summed E-state index contributed by atoms with van der Waals surface area (Å²) in [6, 6.07) is 9.50. The van der Waals surface area contributed by atoms with Crippen molar-refractivity contribution in [2.45, 2.75) is 25.7 Å². The summed E-state index contributed by atoms with van der Waals surface area (Å²) in [5, 5.41) is 3.20. The molecule has 0 radical (unpaired) electrons. The second-order valence-corrected chi connectivity index (χ2v) is 9.21. The zero-order valence-electron chi connectivity index (χ0n) is 16.2. The minimum Gasteiger partial charge on any atom is -0.336 e. The van der Waals surface area contributed by atoms with Crippen molar-refractivity contribution in [1.29, 1.82) is 0 Å². The second kappa shape index (κ2) is 8.75. The summed E-state index contributed by atoms with van der Waals surface area (Å²) in [6.07, 6.45) is 0. The lowest BCUT2D eigenvalue weighted by molar-refractivity contribution is -0.131. The molecule has 1 N–H and O–H groups in total. The first-order valence-corrected chi connectivity index (χ1v) is 10.6. The van der Waals surface area contributed by atoms with E-state index in [0.717, 1.165) is 21.6 Å². The lowest BCUT2D eigenvalue weighted by atomic mass is 10.1. The van der Waals surface area contributed by atoms with Gasteiger partial charge in [0.2, 0.25) is 11.8 Å². The molecule has 0 bridgehead atoms. The topological polar surface area (TPSA) is 83.6 Å². The van der Waals surface area contributed by atoms with Crippen molar-refractivity contribution in [1.82, 2.24) is 4.90 Å². The Morgan fingerprint density at radius 1 is 1.04 bits per heavy atom. The number of carbonyl (C=O) groups is 2. The van der Waals surface area contributed by atoms with Gasteiger partial charge in [0.15, 0.2) is 9.84 Å². The third-order valence-electron chi connectivity index (χ3n) is 4.23. The van der Waals surface area contributed by atoms with Gasteiger partial charge in [0.05, 0.1) is 11.4 Å². The number of rotatable bonds is 6. The molecule has 2 rings (SSSR count). The van der Waals surface area contributed by atoms with E-state index >= 15 is 0 Å². The van der Waals surface area contributed by atoms with Crippen molar-refractivity contribution in [2.24, 2.45) is 0 Å². The number of nitrogens with zero attached hydrogens (tertiary/aromatic N) is 1. The van der Waals surface area contributed by atoms with Gasteiger partial charge in [-0.15, -0.1) is 0 Å². The van der Waals surface area contributed by atoms with Gasteiger partial charge in [0.1, 0.15) is 5.75 Å². The summed E-state index contributed by atoms with van der Waals surface area (Å²) in [6.45, 7) is 5.51. The molecule has 0 fully saturated rings. The highest BCUT2D eigenvalue weighted by Gasteiger charge is 2.23. The molecule has 0 aliphatic carbocycles. The Hall–Kier alpha value is -2.38. The van der Waals surface area contributed by atoms with Gasteiger partial charge < -0.3 is 10.2 Å². The number of anilines is 1. The maximum Gasteiger partial charge on any atom is 0.243 e. The smallest absolute Gasteiger partial charge is 0.243 e. The largest absolute Gasteiger partial charge is 0.336 e. The van der Waals surface area contributed by atoms with Crippen LogP contribution in [0.3, 0.4) is 0 Å². The molecule has 8 heteroatoms. The van der Waals surface area contributed by atoms with E-state index in [2.05, 4.69) is 5.32 Å². The minimum atomic E-state index is -3.82. The van der Waals surface area contributed by atoms with E-state index in [9.17, 15) is 18.0 Å². The van der Waals surface area contributed by atoms with Gasteiger partial charge in [-0.25, -0.2) is 8.42 Å². The van der Waals surface area contributed by atoms with Gasteiger partial charge in [-0.3, -0.25) is 9.59 Å². The summed E-state index contributed by atoms with van der Waals surface area (Å²) in [7, 11) is -2.42. The molecule has 6 nitrogen and oxygen atoms in total. The zero-order valence-corrected chi connectivity index (χ0v) is 17.8. The van der Waals surface area contributed by atoms with Crippen LogP contribution in [0.1, 0.15) is 16.7 Å². The molecule has 0 atom stereocenters. The van der Waals surface area contributed by atoms with Crippen molar-refractivity contribution < 1.29 is 18.0 Å². The van der Waals surface area contributed by atoms with Crippen LogP contribution < -0.4 is 5.32 Å². The molecule has 0 saturated heterocycles. The molecule has 2 amide bonds. The molecule has 2 aromatic carbocycles. The van der Waals surface area contributed by atoms with E-state index < -0.39 is 27.4 Å². The first kappa shape index (κ1) is 21.9. The molecule has 0 aromatic heterocycles. The summed E-state index contributed by atoms with van der Waals surface area (Å²) >= 11 is 5.76. The van der Waals surface area contributed by atoms with Crippen molar-refractivity contribution >= 4 is 38.9 Å². The molecular formula is C20H23ClN2O4S. The average Bonchev–Trinajstić information content (AvgIpc) is 2.58. The molecule has 28 heavy (non-hydrogen) atoms. The minimum absolute atomic E-state index is 0.00834. The standard InChI is InChI=1S/C20H23ClN2O4S/c1-13-9-14(2)20(15(3)10-13)22-18(24)11-23(4)19(25)12-28(26,27)17-7-5-16(21)6-8-17/h5-10H,11-12H2,1-4H3,(H,22,24). The zero-order chi connectivity index (χ0) is 21.1. The van der Waals surface area contributed by atoms with Crippen LogP contribution in [0, 0.1) is 20.8 Å². The number of sulfone groups is 1. The molecule has 0 spiro atoms. The van der Waals surface area contributed by atoms with Gasteiger partial charge >= 0.3 is 0 Å². The maximum absolute atomic E-state index is 12.4. The van der Waals surface area contributed by atoms with E-state index in [4.69, 9.17) is 11.6 Å². The van der Waals surface area contributed by atoms with E-state index in [1.807, 2.05) is 32.9 Å². The summed E-state index contributed by atoms with van der Waals surface area (Å²) in [4.78, 5) is 25.7. The Kier molecular flexibility index (Phi) is 6.85. The molecule has 150 valence electrons.